The predicted octanol–water partition coefficient (Wildman–Crippen LogP) is 7.40. The fourth-order valence-electron chi connectivity index (χ4n) is 5.16. The van der Waals surface area contributed by atoms with Crippen molar-refractivity contribution in [2.75, 3.05) is 13.2 Å². The van der Waals surface area contributed by atoms with Crippen molar-refractivity contribution in [1.29, 1.82) is 0 Å². The van der Waals surface area contributed by atoms with Crippen LogP contribution in [0.2, 0.25) is 0 Å². The molecule has 1 atom stereocenters. The first-order valence-corrected chi connectivity index (χ1v) is 14.5. The minimum Gasteiger partial charge on any atom is -0.493 e. The Kier molecular flexibility index (Phi) is 8.03. The molecule has 0 amide bonds. The summed E-state index contributed by atoms with van der Waals surface area (Å²) in [7, 11) is 0. The molecule has 0 saturated carbocycles. The van der Waals surface area contributed by atoms with Gasteiger partial charge in [-0.25, -0.2) is 9.78 Å². The topological polar surface area (TPSA) is 73.6 Å². The van der Waals surface area contributed by atoms with Crippen LogP contribution in [0.1, 0.15) is 67.3 Å². The quantitative estimate of drug-likeness (QED) is 0.204. The Morgan fingerprint density at radius 2 is 1.95 bits per heavy atom. The Morgan fingerprint density at radius 3 is 2.74 bits per heavy atom. The number of rotatable bonds is 11. The van der Waals surface area contributed by atoms with Crippen LogP contribution in [0.15, 0.2) is 42.6 Å². The van der Waals surface area contributed by atoms with Gasteiger partial charge >= 0.3 is 5.97 Å². The lowest BCUT2D eigenvalue weighted by molar-refractivity contribution is -0.140. The summed E-state index contributed by atoms with van der Waals surface area (Å²) in [4.78, 5) is 17.8. The fraction of sp³-hybridized carbons (Fsp3) is 0.419. The molecule has 1 aliphatic rings. The molecule has 5 rings (SSSR count). The highest BCUT2D eigenvalue weighted by Gasteiger charge is 2.18. The highest BCUT2D eigenvalue weighted by molar-refractivity contribution is 7.15. The van der Waals surface area contributed by atoms with Crippen LogP contribution in [-0.2, 0) is 24.1 Å². The van der Waals surface area contributed by atoms with E-state index in [-0.39, 0.29) is 0 Å². The van der Waals surface area contributed by atoms with E-state index in [2.05, 4.69) is 25.1 Å². The second-order valence-electron chi connectivity index (χ2n) is 10.1. The second kappa shape index (κ2) is 11.6. The zero-order valence-electron chi connectivity index (χ0n) is 22.5. The van der Waals surface area contributed by atoms with Crippen LogP contribution in [0.25, 0.3) is 21.5 Å². The number of fused-ring (bicyclic) bond motifs is 2. The van der Waals surface area contributed by atoms with E-state index in [4.69, 9.17) is 14.5 Å². The van der Waals surface area contributed by atoms with Crippen LogP contribution < -0.4 is 9.47 Å². The van der Waals surface area contributed by atoms with Crippen molar-refractivity contribution in [3.63, 3.8) is 0 Å². The number of thiazole rings is 1. The highest BCUT2D eigenvalue weighted by atomic mass is 32.1. The smallest absolute Gasteiger partial charge is 0.326 e. The molecule has 1 unspecified atom stereocenters. The summed E-state index contributed by atoms with van der Waals surface area (Å²) in [5.41, 5.74) is 5.67. The van der Waals surface area contributed by atoms with Gasteiger partial charge in [0.2, 0.25) is 0 Å². The largest absolute Gasteiger partial charge is 0.493 e. The second-order valence-corrected chi connectivity index (χ2v) is 11.2. The molecule has 2 aromatic heterocycles. The molecule has 4 aromatic rings. The van der Waals surface area contributed by atoms with Crippen LogP contribution in [0.3, 0.4) is 0 Å². The molecule has 0 aliphatic heterocycles. The van der Waals surface area contributed by atoms with Gasteiger partial charge in [0.25, 0.3) is 0 Å². The third-order valence-corrected chi connectivity index (χ3v) is 8.47. The van der Waals surface area contributed by atoms with Crippen molar-refractivity contribution in [2.45, 2.75) is 71.8 Å². The van der Waals surface area contributed by atoms with Gasteiger partial charge in [0.1, 0.15) is 22.5 Å². The number of carboxylic acids is 1. The minimum absolute atomic E-state index is 0.544. The SMILES string of the molecule is CCCc1cc(-c2nc3c(s2)CCCC3)ccc1OCCCOc1ccc2c(c1)c(C)cn2C(C)C(=O)O. The van der Waals surface area contributed by atoms with Gasteiger partial charge in [-0.15, -0.1) is 11.3 Å². The standard InChI is InChI=1S/C31H36N2O4S/c1-4-8-22-17-23(30-32-26-9-5-6-10-29(26)38-30)11-14-28(22)37-16-7-15-36-24-12-13-27-25(18-24)20(2)19-33(27)21(3)31(34)35/h11-14,17-19,21H,4-10,15-16H2,1-3H3,(H,34,35). The van der Waals surface area contributed by atoms with Crippen LogP contribution in [0, 0.1) is 6.92 Å². The van der Waals surface area contributed by atoms with Gasteiger partial charge < -0.3 is 19.1 Å². The number of hydrogen-bond acceptors (Lipinski definition) is 5. The summed E-state index contributed by atoms with van der Waals surface area (Å²) in [6.45, 7) is 7.00. The van der Waals surface area contributed by atoms with Gasteiger partial charge in [-0.2, -0.15) is 0 Å². The zero-order chi connectivity index (χ0) is 26.6. The maximum atomic E-state index is 11.4. The van der Waals surface area contributed by atoms with E-state index < -0.39 is 12.0 Å². The Morgan fingerprint density at radius 1 is 1.13 bits per heavy atom. The number of carbonyl (C=O) groups is 1. The number of aryl methyl sites for hydroxylation is 4. The Labute approximate surface area is 228 Å². The maximum Gasteiger partial charge on any atom is 0.326 e. The van der Waals surface area contributed by atoms with E-state index in [0.29, 0.717) is 13.2 Å². The van der Waals surface area contributed by atoms with Gasteiger partial charge in [-0.1, -0.05) is 13.3 Å². The lowest BCUT2D eigenvalue weighted by Crippen LogP contribution is -2.14. The van der Waals surface area contributed by atoms with Crippen LogP contribution in [0.4, 0.5) is 0 Å². The zero-order valence-corrected chi connectivity index (χ0v) is 23.3. The molecular weight excluding hydrogens is 496 g/mol. The minimum atomic E-state index is -0.846. The molecule has 200 valence electrons. The van der Waals surface area contributed by atoms with E-state index in [9.17, 15) is 9.90 Å². The van der Waals surface area contributed by atoms with E-state index in [0.717, 1.165) is 58.7 Å². The van der Waals surface area contributed by atoms with E-state index in [1.54, 1.807) is 11.5 Å². The third-order valence-electron chi connectivity index (χ3n) is 7.27. The third kappa shape index (κ3) is 5.58. The molecular formula is C31H36N2O4S. The molecule has 0 radical (unpaired) electrons. The summed E-state index contributed by atoms with van der Waals surface area (Å²) in [5, 5.41) is 11.5. The first-order valence-electron chi connectivity index (χ1n) is 13.7. The van der Waals surface area contributed by atoms with Gasteiger partial charge in [0.05, 0.1) is 18.9 Å². The highest BCUT2D eigenvalue weighted by Crippen LogP contribution is 2.35. The number of benzene rings is 2. The monoisotopic (exact) mass is 532 g/mol. The van der Waals surface area contributed by atoms with E-state index >= 15 is 0 Å². The van der Waals surface area contributed by atoms with Crippen molar-refractivity contribution >= 4 is 28.2 Å². The van der Waals surface area contributed by atoms with Gasteiger partial charge in [0.15, 0.2) is 0 Å². The Hall–Kier alpha value is -3.32. The molecule has 2 heterocycles. The molecule has 1 aliphatic carbocycles. The van der Waals surface area contributed by atoms with Crippen molar-refractivity contribution in [3.05, 3.63) is 64.3 Å². The average Bonchev–Trinajstić information content (AvgIpc) is 3.50. The van der Waals surface area contributed by atoms with Crippen LogP contribution in [-0.4, -0.2) is 33.8 Å². The first kappa shape index (κ1) is 26.3. The predicted molar refractivity (Wildman–Crippen MR) is 153 cm³/mol. The molecule has 0 spiro atoms. The van der Waals surface area contributed by atoms with Crippen LogP contribution in [0.5, 0.6) is 11.5 Å². The van der Waals surface area contributed by atoms with Crippen molar-refractivity contribution < 1.29 is 19.4 Å². The molecule has 38 heavy (non-hydrogen) atoms. The van der Waals surface area contributed by atoms with Gasteiger partial charge in [-0.3, -0.25) is 0 Å². The lowest BCUT2D eigenvalue weighted by Gasteiger charge is -2.13. The molecule has 0 bridgehead atoms. The molecule has 6 nitrogen and oxygen atoms in total. The molecule has 2 aromatic carbocycles. The lowest BCUT2D eigenvalue weighted by atomic mass is 10.0. The van der Waals surface area contributed by atoms with E-state index in [1.807, 2.05) is 42.7 Å². The van der Waals surface area contributed by atoms with Crippen molar-refractivity contribution in [2.24, 2.45) is 0 Å². The number of nitrogens with zero attached hydrogens (tertiary/aromatic N) is 2. The summed E-state index contributed by atoms with van der Waals surface area (Å²) in [5.74, 6) is 0.882. The van der Waals surface area contributed by atoms with Crippen molar-refractivity contribution in [3.8, 4) is 22.1 Å². The maximum absolute atomic E-state index is 11.4. The number of aliphatic carboxylic acids is 1. The summed E-state index contributed by atoms with van der Waals surface area (Å²) in [6.07, 6.45) is 9.50. The number of carboxylic acid groups (broad SMARTS) is 1. The Bertz CT molecular complexity index is 1410. The van der Waals surface area contributed by atoms with Crippen LogP contribution >= 0.6 is 11.3 Å². The summed E-state index contributed by atoms with van der Waals surface area (Å²) in [6, 6.07) is 11.7. The average molecular weight is 533 g/mol. The fourth-order valence-corrected chi connectivity index (χ4v) is 6.30. The molecule has 0 saturated heterocycles. The Balaban J connectivity index is 1.18. The number of aromatic nitrogens is 2. The van der Waals surface area contributed by atoms with E-state index in [1.165, 1.54) is 41.0 Å². The normalized spacial score (nSPS) is 13.9. The number of hydrogen-bond donors (Lipinski definition) is 1. The summed E-state index contributed by atoms with van der Waals surface area (Å²) < 4.78 is 14.0. The number of ether oxygens (including phenoxy) is 2. The van der Waals surface area contributed by atoms with Gasteiger partial charge in [0, 0.05) is 34.0 Å². The molecule has 0 fully saturated rings. The molecule has 7 heteroatoms. The summed E-state index contributed by atoms with van der Waals surface area (Å²) >= 11 is 1.85. The van der Waals surface area contributed by atoms with Gasteiger partial charge in [-0.05, 0) is 93.5 Å². The van der Waals surface area contributed by atoms with Crippen molar-refractivity contribution in [1.82, 2.24) is 9.55 Å². The molecule has 1 N–H and O–H groups in total. The first-order chi connectivity index (χ1) is 18.4.